The normalized spacial score (nSPS) is 10.3. The van der Waals surface area contributed by atoms with Crippen LogP contribution in [0.15, 0.2) is 48.8 Å². The van der Waals surface area contributed by atoms with Gasteiger partial charge < -0.3 is 16.4 Å². The lowest BCUT2D eigenvalue weighted by molar-refractivity contribution is 1.15. The molecule has 0 saturated carbocycles. The molecule has 0 radical (unpaired) electrons. The molecule has 0 spiro atoms. The number of hydrogen-bond donors (Lipinski definition) is 3. The second-order valence-electron chi connectivity index (χ2n) is 5.21. The lowest BCUT2D eigenvalue weighted by Crippen LogP contribution is -2.06. The first-order valence-corrected chi connectivity index (χ1v) is 7.27. The van der Waals surface area contributed by atoms with Crippen molar-refractivity contribution in [3.8, 4) is 0 Å². The van der Waals surface area contributed by atoms with E-state index in [4.69, 9.17) is 5.73 Å². The third kappa shape index (κ3) is 3.37. The Morgan fingerprint density at radius 2 is 1.61 bits per heavy atom. The van der Waals surface area contributed by atoms with E-state index in [1.54, 1.807) is 0 Å². The summed E-state index contributed by atoms with van der Waals surface area (Å²) in [6.07, 6.45) is 1.47. The number of nitrogens with one attached hydrogen (secondary N) is 2. The molecular weight excluding hydrogens is 288 g/mol. The van der Waals surface area contributed by atoms with Crippen LogP contribution in [0.2, 0.25) is 0 Å². The zero-order valence-electron chi connectivity index (χ0n) is 13.0. The van der Waals surface area contributed by atoms with Gasteiger partial charge in [0, 0.05) is 11.4 Å². The molecule has 0 aliphatic carbocycles. The first kappa shape index (κ1) is 14.8. The summed E-state index contributed by atoms with van der Waals surface area (Å²) in [5, 5.41) is 6.37. The number of aryl methyl sites for hydroxylation is 2. The van der Waals surface area contributed by atoms with Gasteiger partial charge in [0.2, 0.25) is 0 Å². The molecule has 0 saturated heterocycles. The molecule has 0 atom stereocenters. The summed E-state index contributed by atoms with van der Waals surface area (Å²) in [5.41, 5.74) is 9.62. The highest BCUT2D eigenvalue weighted by molar-refractivity contribution is 5.80. The topological polar surface area (TPSA) is 88.8 Å². The largest absolute Gasteiger partial charge is 0.393 e. The van der Waals surface area contributed by atoms with Gasteiger partial charge in [-0.05, 0) is 37.6 Å². The summed E-state index contributed by atoms with van der Waals surface area (Å²) in [5.74, 6) is 1.77. The molecule has 6 heteroatoms. The van der Waals surface area contributed by atoms with Crippen molar-refractivity contribution in [1.82, 2.24) is 15.0 Å². The van der Waals surface area contributed by atoms with Crippen molar-refractivity contribution in [2.24, 2.45) is 0 Å². The molecule has 3 rings (SSSR count). The molecule has 0 aliphatic heterocycles. The van der Waals surface area contributed by atoms with Crippen molar-refractivity contribution >= 4 is 28.8 Å². The number of pyridine rings is 1. The molecule has 3 aromatic rings. The van der Waals surface area contributed by atoms with Crippen LogP contribution in [-0.2, 0) is 0 Å². The minimum absolute atomic E-state index is 0.444. The van der Waals surface area contributed by atoms with E-state index < -0.39 is 0 Å². The van der Waals surface area contributed by atoms with Gasteiger partial charge in [-0.1, -0.05) is 24.3 Å². The van der Waals surface area contributed by atoms with Gasteiger partial charge in [-0.15, -0.1) is 0 Å². The van der Waals surface area contributed by atoms with Gasteiger partial charge in [-0.25, -0.2) is 15.0 Å². The van der Waals surface area contributed by atoms with Crippen molar-refractivity contribution in [3.05, 3.63) is 60.0 Å². The molecule has 1 aromatic carbocycles. The fraction of sp³-hybridized carbons (Fsp3) is 0.118. The maximum absolute atomic E-state index is 6.19. The third-order valence-corrected chi connectivity index (χ3v) is 3.42. The molecule has 0 fully saturated rings. The Morgan fingerprint density at radius 1 is 0.870 bits per heavy atom. The fourth-order valence-corrected chi connectivity index (χ4v) is 2.17. The Labute approximate surface area is 134 Å². The predicted octanol–water partition coefficient (Wildman–Crippen LogP) is 3.56. The van der Waals surface area contributed by atoms with Crippen LogP contribution in [0.4, 0.5) is 28.8 Å². The highest BCUT2D eigenvalue weighted by Crippen LogP contribution is 2.28. The van der Waals surface area contributed by atoms with Crippen LogP contribution in [0.1, 0.15) is 11.3 Å². The number of hydrogen-bond acceptors (Lipinski definition) is 6. The monoisotopic (exact) mass is 306 g/mol. The highest BCUT2D eigenvalue weighted by Gasteiger charge is 2.10. The van der Waals surface area contributed by atoms with E-state index in [0.717, 1.165) is 16.9 Å². The van der Waals surface area contributed by atoms with Crippen molar-refractivity contribution < 1.29 is 0 Å². The molecule has 2 aromatic heterocycles. The molecule has 0 unspecified atom stereocenters. The van der Waals surface area contributed by atoms with Crippen molar-refractivity contribution in [2.75, 3.05) is 16.4 Å². The molecule has 0 bridgehead atoms. The second-order valence-corrected chi connectivity index (χ2v) is 5.21. The lowest BCUT2D eigenvalue weighted by atomic mass is 10.2. The Bertz CT molecular complexity index is 831. The molecular formula is C17H18N6. The van der Waals surface area contributed by atoms with Gasteiger partial charge in [0.1, 0.15) is 17.8 Å². The minimum Gasteiger partial charge on any atom is -0.393 e. The quantitative estimate of drug-likeness (QED) is 0.683. The zero-order chi connectivity index (χ0) is 16.2. The summed E-state index contributed by atoms with van der Waals surface area (Å²) >= 11 is 0. The molecule has 116 valence electrons. The van der Waals surface area contributed by atoms with Crippen LogP contribution in [-0.4, -0.2) is 15.0 Å². The summed E-state index contributed by atoms with van der Waals surface area (Å²) < 4.78 is 0. The van der Waals surface area contributed by atoms with Gasteiger partial charge in [-0.2, -0.15) is 0 Å². The van der Waals surface area contributed by atoms with Crippen LogP contribution < -0.4 is 16.4 Å². The van der Waals surface area contributed by atoms with E-state index >= 15 is 0 Å². The number of nitrogen functional groups attached to an aromatic ring is 1. The first-order chi connectivity index (χ1) is 11.1. The van der Waals surface area contributed by atoms with Gasteiger partial charge in [0.25, 0.3) is 0 Å². The number of benzene rings is 1. The predicted molar refractivity (Wildman–Crippen MR) is 93.2 cm³/mol. The van der Waals surface area contributed by atoms with E-state index in [9.17, 15) is 0 Å². The van der Waals surface area contributed by atoms with E-state index in [1.165, 1.54) is 6.33 Å². The Hall–Kier alpha value is -3.15. The van der Waals surface area contributed by atoms with Gasteiger partial charge in [0.05, 0.1) is 0 Å². The van der Waals surface area contributed by atoms with Crippen LogP contribution >= 0.6 is 0 Å². The number of rotatable bonds is 4. The fourth-order valence-electron chi connectivity index (χ4n) is 2.17. The van der Waals surface area contributed by atoms with Gasteiger partial charge >= 0.3 is 0 Å². The molecule has 6 nitrogen and oxygen atoms in total. The minimum atomic E-state index is 0.444. The maximum atomic E-state index is 6.19. The number of nitrogens with zero attached hydrogens (tertiary/aromatic N) is 3. The van der Waals surface area contributed by atoms with Crippen molar-refractivity contribution in [2.45, 2.75) is 13.8 Å². The van der Waals surface area contributed by atoms with Gasteiger partial charge in [0.15, 0.2) is 11.6 Å². The smallest absolute Gasteiger partial charge is 0.160 e. The number of aromatic nitrogens is 3. The number of anilines is 5. The maximum Gasteiger partial charge on any atom is 0.160 e. The molecule has 4 N–H and O–H groups in total. The highest BCUT2D eigenvalue weighted by atomic mass is 15.1. The molecule has 2 heterocycles. The Balaban J connectivity index is 1.88. The number of para-hydroxylation sites is 1. The van der Waals surface area contributed by atoms with Crippen molar-refractivity contribution in [3.63, 3.8) is 0 Å². The summed E-state index contributed by atoms with van der Waals surface area (Å²) in [6.45, 7) is 3.95. The van der Waals surface area contributed by atoms with Gasteiger partial charge in [-0.3, -0.25) is 0 Å². The van der Waals surface area contributed by atoms with Crippen LogP contribution in [0, 0.1) is 13.8 Å². The lowest BCUT2D eigenvalue weighted by Gasteiger charge is -2.13. The standard InChI is InChI=1S/C17H18N6/c1-11-6-3-4-8-13(11)22-16-15(18)17(20-10-19-16)23-14-9-5-7-12(2)21-14/h3-10H,18H2,1-2H3,(H2,19,20,21,22,23). The van der Waals surface area contributed by atoms with E-state index in [2.05, 4.69) is 25.6 Å². The van der Waals surface area contributed by atoms with E-state index in [1.807, 2.05) is 56.3 Å². The third-order valence-electron chi connectivity index (χ3n) is 3.42. The Morgan fingerprint density at radius 3 is 2.35 bits per heavy atom. The van der Waals surface area contributed by atoms with E-state index in [0.29, 0.717) is 23.1 Å². The SMILES string of the molecule is Cc1cccc(Nc2ncnc(Nc3ccccc3C)c2N)n1. The average molecular weight is 306 g/mol. The van der Waals surface area contributed by atoms with Crippen LogP contribution in [0.25, 0.3) is 0 Å². The molecule has 23 heavy (non-hydrogen) atoms. The van der Waals surface area contributed by atoms with Crippen LogP contribution in [0.3, 0.4) is 0 Å². The first-order valence-electron chi connectivity index (χ1n) is 7.27. The zero-order valence-corrected chi connectivity index (χ0v) is 13.0. The summed E-state index contributed by atoms with van der Waals surface area (Å²) in [7, 11) is 0. The second kappa shape index (κ2) is 6.31. The average Bonchev–Trinajstić information content (AvgIpc) is 2.53. The Kier molecular flexibility index (Phi) is 4.05. The van der Waals surface area contributed by atoms with Crippen molar-refractivity contribution in [1.29, 1.82) is 0 Å². The van der Waals surface area contributed by atoms with Crippen LogP contribution in [0.5, 0.6) is 0 Å². The molecule has 0 aliphatic rings. The molecule has 0 amide bonds. The number of nitrogens with two attached hydrogens (primary N) is 1. The summed E-state index contributed by atoms with van der Waals surface area (Å²) in [6, 6.07) is 13.7. The van der Waals surface area contributed by atoms with E-state index in [-0.39, 0.29) is 0 Å². The summed E-state index contributed by atoms with van der Waals surface area (Å²) in [4.78, 5) is 12.8.